The minimum absolute atomic E-state index is 0.00954. The van der Waals surface area contributed by atoms with E-state index in [1.165, 1.54) is 26.4 Å². The van der Waals surface area contributed by atoms with Crippen LogP contribution in [0.25, 0.3) is 11.3 Å². The molecular weight excluding hydrogens is 287 g/mol. The van der Waals surface area contributed by atoms with Gasteiger partial charge in [0.15, 0.2) is 12.1 Å². The molecule has 1 aromatic heterocycles. The van der Waals surface area contributed by atoms with E-state index in [2.05, 4.69) is 4.98 Å². The lowest BCUT2D eigenvalue weighted by Gasteiger charge is -2.20. The smallest absolute Gasteiger partial charge is 0.200 e. The molecule has 0 saturated heterocycles. The summed E-state index contributed by atoms with van der Waals surface area (Å²) < 4.78 is 25.6. The summed E-state index contributed by atoms with van der Waals surface area (Å²) in [4.78, 5) is 15.7. The van der Waals surface area contributed by atoms with Crippen LogP contribution >= 0.6 is 0 Å². The van der Waals surface area contributed by atoms with Crippen LogP contribution in [0.15, 0.2) is 24.3 Å². The van der Waals surface area contributed by atoms with Gasteiger partial charge in [-0.25, -0.2) is 9.37 Å². The van der Waals surface area contributed by atoms with Crippen LogP contribution < -0.4 is 0 Å². The number of carbonyl (C=O) groups is 1. The fourth-order valence-corrected chi connectivity index (χ4v) is 2.45. The number of aldehydes is 1. The maximum Gasteiger partial charge on any atom is 0.200 e. The van der Waals surface area contributed by atoms with Crippen LogP contribution in [-0.4, -0.2) is 30.1 Å². The van der Waals surface area contributed by atoms with Crippen LogP contribution in [0.1, 0.15) is 42.5 Å². The Bertz CT molecular complexity index is 646. The molecule has 0 aliphatic carbocycles. The van der Waals surface area contributed by atoms with E-state index in [1.807, 2.05) is 13.8 Å². The van der Waals surface area contributed by atoms with Crippen molar-refractivity contribution in [1.29, 1.82) is 0 Å². The number of methoxy groups -OCH3 is 2. The second kappa shape index (κ2) is 6.81. The minimum Gasteiger partial charge on any atom is -0.350 e. The molecule has 1 aromatic carbocycles. The summed E-state index contributed by atoms with van der Waals surface area (Å²) in [5.41, 5.74) is 1.87. The van der Waals surface area contributed by atoms with Gasteiger partial charge in [-0.2, -0.15) is 0 Å². The zero-order valence-corrected chi connectivity index (χ0v) is 13.0. The third kappa shape index (κ3) is 2.93. The Hall–Kier alpha value is -2.05. The normalized spacial score (nSPS) is 11.4. The van der Waals surface area contributed by atoms with E-state index < -0.39 is 6.29 Å². The lowest BCUT2D eigenvalue weighted by atomic mass is 10.1. The first kappa shape index (κ1) is 16.3. The molecule has 0 aliphatic heterocycles. The largest absolute Gasteiger partial charge is 0.350 e. The predicted octanol–water partition coefficient (Wildman–Crippen LogP) is 3.37. The number of nitrogens with zero attached hydrogens (tertiary/aromatic N) is 2. The summed E-state index contributed by atoms with van der Waals surface area (Å²) in [7, 11) is 3.03. The van der Waals surface area contributed by atoms with Gasteiger partial charge in [-0.3, -0.25) is 4.79 Å². The fraction of sp³-hybridized carbons (Fsp3) is 0.375. The maximum atomic E-state index is 13.1. The van der Waals surface area contributed by atoms with Gasteiger partial charge in [0, 0.05) is 25.8 Å². The number of hydrogen-bond donors (Lipinski definition) is 0. The van der Waals surface area contributed by atoms with Gasteiger partial charge >= 0.3 is 0 Å². The molecule has 0 unspecified atom stereocenters. The van der Waals surface area contributed by atoms with Gasteiger partial charge < -0.3 is 14.0 Å². The average Bonchev–Trinajstić information content (AvgIpc) is 2.89. The van der Waals surface area contributed by atoms with Crippen molar-refractivity contribution in [3.8, 4) is 11.3 Å². The summed E-state index contributed by atoms with van der Waals surface area (Å²) >= 11 is 0. The third-order valence-corrected chi connectivity index (χ3v) is 3.37. The van der Waals surface area contributed by atoms with Crippen molar-refractivity contribution in [1.82, 2.24) is 9.55 Å². The third-order valence-electron chi connectivity index (χ3n) is 3.37. The van der Waals surface area contributed by atoms with Gasteiger partial charge in [-0.1, -0.05) is 0 Å². The topological polar surface area (TPSA) is 53.4 Å². The fourth-order valence-electron chi connectivity index (χ4n) is 2.45. The van der Waals surface area contributed by atoms with Gasteiger partial charge in [-0.05, 0) is 38.1 Å². The number of imidazole rings is 1. The molecule has 1 heterocycles. The Kier molecular flexibility index (Phi) is 5.05. The molecule has 5 nitrogen and oxygen atoms in total. The Labute approximate surface area is 128 Å². The van der Waals surface area contributed by atoms with Crippen LogP contribution in [0.5, 0.6) is 0 Å². The first-order chi connectivity index (χ1) is 10.5. The van der Waals surface area contributed by atoms with Crippen LogP contribution in [0.4, 0.5) is 4.39 Å². The van der Waals surface area contributed by atoms with Gasteiger partial charge in [0.05, 0.1) is 5.69 Å². The van der Waals surface area contributed by atoms with Crippen LogP contribution in [0, 0.1) is 5.82 Å². The monoisotopic (exact) mass is 306 g/mol. The van der Waals surface area contributed by atoms with Crippen LogP contribution in [-0.2, 0) is 9.47 Å². The van der Waals surface area contributed by atoms with E-state index in [9.17, 15) is 9.18 Å². The number of ether oxygens (including phenoxy) is 2. The van der Waals surface area contributed by atoms with E-state index in [0.29, 0.717) is 23.2 Å². The Balaban J connectivity index is 2.71. The molecule has 0 spiro atoms. The zero-order valence-electron chi connectivity index (χ0n) is 13.0. The van der Waals surface area contributed by atoms with E-state index in [0.717, 1.165) is 0 Å². The number of hydrogen-bond acceptors (Lipinski definition) is 4. The molecule has 2 rings (SSSR count). The molecule has 0 saturated carbocycles. The molecule has 22 heavy (non-hydrogen) atoms. The van der Waals surface area contributed by atoms with Crippen molar-refractivity contribution in [3.63, 3.8) is 0 Å². The molecule has 0 N–H and O–H groups in total. The Morgan fingerprint density at radius 1 is 1.18 bits per heavy atom. The molecule has 0 fully saturated rings. The highest BCUT2D eigenvalue weighted by atomic mass is 19.1. The molecule has 0 bridgehead atoms. The lowest BCUT2D eigenvalue weighted by Crippen LogP contribution is -2.15. The van der Waals surface area contributed by atoms with Crippen molar-refractivity contribution in [2.45, 2.75) is 26.2 Å². The van der Waals surface area contributed by atoms with Crippen LogP contribution in [0.3, 0.4) is 0 Å². The zero-order chi connectivity index (χ0) is 16.3. The number of halogens is 1. The molecule has 6 heteroatoms. The second-order valence-electron chi connectivity index (χ2n) is 5.10. The summed E-state index contributed by atoms with van der Waals surface area (Å²) in [6, 6.07) is 5.92. The minimum atomic E-state index is -0.677. The highest BCUT2D eigenvalue weighted by Gasteiger charge is 2.26. The molecular formula is C16H19FN2O3. The average molecular weight is 306 g/mol. The molecule has 0 atom stereocenters. The second-order valence-corrected chi connectivity index (χ2v) is 5.10. The molecule has 0 amide bonds. The Morgan fingerprint density at radius 3 is 2.23 bits per heavy atom. The van der Waals surface area contributed by atoms with Crippen molar-refractivity contribution in [3.05, 3.63) is 41.6 Å². The summed E-state index contributed by atoms with van der Waals surface area (Å²) in [6.45, 7) is 3.88. The van der Waals surface area contributed by atoms with Gasteiger partial charge in [-0.15, -0.1) is 0 Å². The first-order valence-electron chi connectivity index (χ1n) is 6.92. The lowest BCUT2D eigenvalue weighted by molar-refractivity contribution is -0.110. The first-order valence-corrected chi connectivity index (χ1v) is 6.92. The number of carbonyl (C=O) groups excluding carboxylic acids is 1. The van der Waals surface area contributed by atoms with Crippen molar-refractivity contribution in [2.24, 2.45) is 0 Å². The maximum absolute atomic E-state index is 13.1. The highest BCUT2D eigenvalue weighted by Crippen LogP contribution is 2.33. The summed E-state index contributed by atoms with van der Waals surface area (Å²) in [6.07, 6.45) is 0.0162. The van der Waals surface area contributed by atoms with E-state index >= 15 is 0 Å². The van der Waals surface area contributed by atoms with E-state index in [4.69, 9.17) is 9.47 Å². The number of rotatable bonds is 6. The Morgan fingerprint density at radius 2 is 1.77 bits per heavy atom. The predicted molar refractivity (Wildman–Crippen MR) is 80.2 cm³/mol. The van der Waals surface area contributed by atoms with Crippen molar-refractivity contribution in [2.75, 3.05) is 14.2 Å². The highest BCUT2D eigenvalue weighted by molar-refractivity contribution is 5.74. The number of benzene rings is 1. The summed E-state index contributed by atoms with van der Waals surface area (Å²) in [5, 5.41) is 0. The SMILES string of the molecule is COC(OC)c1c(-c2ccc(F)cc2)nc(C=O)n1C(C)C. The van der Waals surface area contributed by atoms with E-state index in [-0.39, 0.29) is 17.7 Å². The quantitative estimate of drug-likeness (QED) is 0.606. The van der Waals surface area contributed by atoms with Crippen LogP contribution in [0.2, 0.25) is 0 Å². The molecule has 0 radical (unpaired) electrons. The van der Waals surface area contributed by atoms with Crippen molar-refractivity contribution < 1.29 is 18.7 Å². The summed E-state index contributed by atoms with van der Waals surface area (Å²) in [5.74, 6) is -0.0531. The van der Waals surface area contributed by atoms with E-state index in [1.54, 1.807) is 16.7 Å². The molecule has 0 aliphatic rings. The van der Waals surface area contributed by atoms with Gasteiger partial charge in [0.2, 0.25) is 6.29 Å². The number of aromatic nitrogens is 2. The van der Waals surface area contributed by atoms with Gasteiger partial charge in [0.25, 0.3) is 0 Å². The molecule has 118 valence electrons. The standard InChI is InChI=1S/C16H19FN2O3/c1-10(2)19-13(9-20)18-14(15(19)16(21-3)22-4)11-5-7-12(17)8-6-11/h5-10,16H,1-4H3. The van der Waals surface area contributed by atoms with Crippen molar-refractivity contribution >= 4 is 6.29 Å². The molecule has 2 aromatic rings. The van der Waals surface area contributed by atoms with Gasteiger partial charge in [0.1, 0.15) is 11.5 Å².